The molecule has 0 atom stereocenters. The van der Waals surface area contributed by atoms with Crippen molar-refractivity contribution < 1.29 is 31.1 Å². The lowest BCUT2D eigenvalue weighted by Gasteiger charge is -2.37. The van der Waals surface area contributed by atoms with E-state index in [4.69, 9.17) is 13.6 Å². The Balaban J connectivity index is 4.94. The predicted octanol–water partition coefficient (Wildman–Crippen LogP) is 3.11. The first kappa shape index (κ1) is 24.5. The van der Waals surface area contributed by atoms with Gasteiger partial charge in [0, 0.05) is 12.8 Å². The van der Waals surface area contributed by atoms with Crippen LogP contribution in [0.1, 0.15) is 26.7 Å². The second kappa shape index (κ2) is 12.0. The van der Waals surface area contributed by atoms with Gasteiger partial charge in [0.1, 0.15) is 0 Å². The second-order valence-electron chi connectivity index (χ2n) is 5.89. The Morgan fingerprint density at radius 1 is 1.04 bits per heavy atom. The molecule has 0 fully saturated rings. The molecule has 0 aromatic rings. The minimum atomic E-state index is -3.98. The van der Waals surface area contributed by atoms with Crippen LogP contribution in [0, 0.1) is 0 Å². The summed E-state index contributed by atoms with van der Waals surface area (Å²) in [4.78, 5) is 0. The van der Waals surface area contributed by atoms with Gasteiger partial charge < -0.3 is 13.5 Å². The third-order valence-corrected chi connectivity index (χ3v) is 6.76. The third-order valence-electron chi connectivity index (χ3n) is 3.78. The fourth-order valence-electron chi connectivity index (χ4n) is 2.84. The van der Waals surface area contributed by atoms with Crippen LogP contribution in [0.3, 0.4) is 0 Å². The van der Waals surface area contributed by atoms with Crippen molar-refractivity contribution in [2.45, 2.75) is 26.7 Å². The van der Waals surface area contributed by atoms with Crippen LogP contribution in [0.4, 0.5) is 0 Å². The van der Waals surface area contributed by atoms with Gasteiger partial charge >= 0.3 is 7.60 Å². The Morgan fingerprint density at radius 3 is 1.92 bits per heavy atom. The second-order valence-corrected chi connectivity index (χ2v) is 9.65. The molecular formula is C16H33NO6PS+. The van der Waals surface area contributed by atoms with Crippen molar-refractivity contribution in [2.75, 3.05) is 51.3 Å². The molecule has 0 aliphatic heterocycles. The fourth-order valence-corrected chi connectivity index (χ4v) is 4.98. The minimum Gasteiger partial charge on any atom is -0.317 e. The van der Waals surface area contributed by atoms with E-state index < -0.39 is 17.7 Å². The molecule has 25 heavy (non-hydrogen) atoms. The highest BCUT2D eigenvalue weighted by Gasteiger charge is 2.29. The highest BCUT2D eigenvalue weighted by atomic mass is 32.2. The van der Waals surface area contributed by atoms with E-state index >= 15 is 0 Å². The Morgan fingerprint density at radius 2 is 1.52 bits per heavy atom. The summed E-state index contributed by atoms with van der Waals surface area (Å²) in [5.74, 6) is -0.280. The number of hydrogen-bond acceptors (Lipinski definition) is 5. The van der Waals surface area contributed by atoms with Gasteiger partial charge in [-0.25, -0.2) is 0 Å². The van der Waals surface area contributed by atoms with E-state index in [0.29, 0.717) is 62.9 Å². The highest BCUT2D eigenvalue weighted by molar-refractivity contribution is 7.85. The van der Waals surface area contributed by atoms with Crippen LogP contribution in [0.2, 0.25) is 0 Å². The molecule has 0 rings (SSSR count). The largest absolute Gasteiger partial charge is 0.330 e. The molecule has 0 bridgehead atoms. The van der Waals surface area contributed by atoms with E-state index in [-0.39, 0.29) is 5.75 Å². The summed E-state index contributed by atoms with van der Waals surface area (Å²) in [6.07, 6.45) is 4.80. The smallest absolute Gasteiger partial charge is 0.317 e. The van der Waals surface area contributed by atoms with E-state index in [9.17, 15) is 13.0 Å². The summed E-state index contributed by atoms with van der Waals surface area (Å²) in [5, 5.41) is 0. The first-order valence-corrected chi connectivity index (χ1v) is 11.9. The van der Waals surface area contributed by atoms with Gasteiger partial charge in [-0.1, -0.05) is 13.2 Å². The Labute approximate surface area is 152 Å². The molecule has 0 aromatic carbocycles. The van der Waals surface area contributed by atoms with Crippen LogP contribution in [-0.4, -0.2) is 68.8 Å². The van der Waals surface area contributed by atoms with Crippen LogP contribution in [0.5, 0.6) is 0 Å². The van der Waals surface area contributed by atoms with E-state index in [0.717, 1.165) is 0 Å². The van der Waals surface area contributed by atoms with Crippen LogP contribution in [0.15, 0.2) is 25.3 Å². The standard InChI is InChI=1S/C16H32NO6PS/c1-5-11-17(12-6-2,14-10-16-25(19,20)21)13-9-15-24(18,22-7-3)23-8-4/h5-6H,1-2,7-16H2,3-4H3/p+1. The van der Waals surface area contributed by atoms with Gasteiger partial charge in [0.2, 0.25) is 0 Å². The first-order valence-electron chi connectivity index (χ1n) is 8.56. The van der Waals surface area contributed by atoms with Crippen molar-refractivity contribution in [3.05, 3.63) is 25.3 Å². The van der Waals surface area contributed by atoms with Crippen molar-refractivity contribution >= 4 is 17.7 Å². The van der Waals surface area contributed by atoms with Gasteiger partial charge in [0.15, 0.2) is 0 Å². The molecule has 0 saturated heterocycles. The summed E-state index contributed by atoms with van der Waals surface area (Å²) >= 11 is 0. The molecular weight excluding hydrogens is 365 g/mol. The van der Waals surface area contributed by atoms with Crippen molar-refractivity contribution in [1.82, 2.24) is 0 Å². The Hall–Kier alpha value is -0.500. The molecule has 0 radical (unpaired) electrons. The summed E-state index contributed by atoms with van der Waals surface area (Å²) in [6.45, 7) is 14.2. The average molecular weight is 398 g/mol. The molecule has 148 valence electrons. The monoisotopic (exact) mass is 398 g/mol. The number of nitrogens with zero attached hydrogens (tertiary/aromatic N) is 1. The molecule has 9 heteroatoms. The van der Waals surface area contributed by atoms with E-state index in [1.54, 1.807) is 26.0 Å². The molecule has 0 heterocycles. The lowest BCUT2D eigenvalue weighted by molar-refractivity contribution is -0.917. The minimum absolute atomic E-state index is 0.280. The van der Waals surface area contributed by atoms with E-state index in [1.807, 2.05) is 0 Å². The van der Waals surface area contributed by atoms with Gasteiger partial charge in [-0.3, -0.25) is 9.12 Å². The van der Waals surface area contributed by atoms with Crippen molar-refractivity contribution in [3.63, 3.8) is 0 Å². The number of quaternary nitrogens is 1. The molecule has 0 amide bonds. The Bertz CT molecular complexity index is 529. The molecule has 0 aliphatic rings. The van der Waals surface area contributed by atoms with Gasteiger partial charge in [-0.2, -0.15) is 8.42 Å². The maximum atomic E-state index is 12.6. The predicted molar refractivity (Wildman–Crippen MR) is 101 cm³/mol. The van der Waals surface area contributed by atoms with Gasteiger partial charge in [-0.15, -0.1) is 0 Å². The molecule has 0 spiro atoms. The van der Waals surface area contributed by atoms with Crippen LogP contribution in [-0.2, 0) is 23.7 Å². The zero-order chi connectivity index (χ0) is 19.4. The zero-order valence-electron chi connectivity index (χ0n) is 15.4. The van der Waals surface area contributed by atoms with Crippen LogP contribution >= 0.6 is 7.60 Å². The normalized spacial score (nSPS) is 12.9. The fraction of sp³-hybridized carbons (Fsp3) is 0.750. The Kier molecular flexibility index (Phi) is 11.8. The third kappa shape index (κ3) is 10.9. The van der Waals surface area contributed by atoms with Crippen molar-refractivity contribution in [1.29, 1.82) is 0 Å². The van der Waals surface area contributed by atoms with Crippen molar-refractivity contribution in [3.8, 4) is 0 Å². The SMILES string of the molecule is C=CC[N+](CC=C)(CCCP(=O)(OCC)OCC)CCCS(=O)(=O)O. The highest BCUT2D eigenvalue weighted by Crippen LogP contribution is 2.48. The molecule has 0 unspecified atom stereocenters. The van der Waals surface area contributed by atoms with Gasteiger partial charge in [0.05, 0.1) is 51.3 Å². The molecule has 0 aromatic heterocycles. The number of hydrogen-bond donors (Lipinski definition) is 1. The topological polar surface area (TPSA) is 89.9 Å². The molecule has 0 saturated carbocycles. The maximum Gasteiger partial charge on any atom is 0.330 e. The lowest BCUT2D eigenvalue weighted by Crippen LogP contribution is -2.50. The summed E-state index contributed by atoms with van der Waals surface area (Å²) in [6, 6.07) is 0. The lowest BCUT2D eigenvalue weighted by atomic mass is 10.2. The van der Waals surface area contributed by atoms with Crippen LogP contribution < -0.4 is 0 Å². The summed E-state index contributed by atoms with van der Waals surface area (Å²) in [5.41, 5.74) is 0. The summed E-state index contributed by atoms with van der Waals surface area (Å²) < 4.78 is 54.6. The maximum absolute atomic E-state index is 12.6. The quantitative estimate of drug-likeness (QED) is 0.186. The molecule has 1 N–H and O–H groups in total. The van der Waals surface area contributed by atoms with E-state index in [2.05, 4.69) is 13.2 Å². The first-order chi connectivity index (χ1) is 11.7. The summed E-state index contributed by atoms with van der Waals surface area (Å²) in [7, 11) is -7.07. The average Bonchev–Trinajstić information content (AvgIpc) is 2.46. The number of rotatable bonds is 16. The van der Waals surface area contributed by atoms with E-state index in [1.165, 1.54) is 0 Å². The van der Waals surface area contributed by atoms with Crippen LogP contribution in [0.25, 0.3) is 0 Å². The van der Waals surface area contributed by atoms with Crippen molar-refractivity contribution in [2.24, 2.45) is 0 Å². The molecule has 0 aliphatic carbocycles. The van der Waals surface area contributed by atoms with Gasteiger partial charge in [-0.05, 0) is 26.0 Å². The van der Waals surface area contributed by atoms with Gasteiger partial charge in [0.25, 0.3) is 10.1 Å². The molecule has 7 nitrogen and oxygen atoms in total. The zero-order valence-corrected chi connectivity index (χ0v) is 17.1.